The molecule has 1 spiro atoms. The number of ether oxygens (including phenoxy) is 2. The second-order valence-electron chi connectivity index (χ2n) is 7.44. The van der Waals surface area contributed by atoms with Crippen LogP contribution >= 0.6 is 0 Å². The maximum absolute atomic E-state index is 6.12. The van der Waals surface area contributed by atoms with Crippen LogP contribution in [0.25, 0.3) is 10.9 Å². The molecule has 0 radical (unpaired) electrons. The van der Waals surface area contributed by atoms with Gasteiger partial charge in [0, 0.05) is 50.3 Å². The highest BCUT2D eigenvalue weighted by Gasteiger charge is 2.48. The van der Waals surface area contributed by atoms with E-state index >= 15 is 0 Å². The van der Waals surface area contributed by atoms with E-state index < -0.39 is 0 Å². The lowest BCUT2D eigenvalue weighted by Gasteiger charge is -2.52. The molecule has 1 aromatic carbocycles. The smallest absolute Gasteiger partial charge is 0.316 e. The highest BCUT2D eigenvalue weighted by atomic mass is 16.5. The first kappa shape index (κ1) is 16.6. The minimum atomic E-state index is -0.103. The van der Waals surface area contributed by atoms with Crippen LogP contribution in [0.1, 0.15) is 18.5 Å². The monoisotopic (exact) mass is 362 g/mol. The highest BCUT2D eigenvalue weighted by molar-refractivity contribution is 5.78. The summed E-state index contributed by atoms with van der Waals surface area (Å²) in [5.74, 6) is 0. The number of benzene rings is 1. The van der Waals surface area contributed by atoms with E-state index in [4.69, 9.17) is 14.5 Å². The number of nitrogens with zero attached hydrogens (tertiary/aromatic N) is 4. The minimum absolute atomic E-state index is 0.103. The summed E-state index contributed by atoms with van der Waals surface area (Å²) in [6.07, 6.45) is 5.29. The van der Waals surface area contributed by atoms with Crippen LogP contribution in [0, 0.1) is 0 Å². The third-order valence-corrected chi connectivity index (χ3v) is 5.33. The van der Waals surface area contributed by atoms with Gasteiger partial charge in [-0.25, -0.2) is 9.97 Å². The van der Waals surface area contributed by atoms with E-state index in [9.17, 15) is 0 Å². The molecule has 138 valence electrons. The predicted molar refractivity (Wildman–Crippen MR) is 101 cm³/mol. The summed E-state index contributed by atoms with van der Waals surface area (Å²) in [6.45, 7) is 3.40. The molecule has 2 aliphatic rings. The summed E-state index contributed by atoms with van der Waals surface area (Å²) in [6, 6.07) is 14.7. The SMILES string of the molecule is c1cnc(O[C@H]2CCOC3(C2)CN(Cc2ccc4ccccc4n2)C3)nc1. The molecular formula is C21H22N4O2. The van der Waals surface area contributed by atoms with E-state index in [1.54, 1.807) is 18.5 Å². The molecule has 2 saturated heterocycles. The van der Waals surface area contributed by atoms with Gasteiger partial charge in [0.05, 0.1) is 23.4 Å². The van der Waals surface area contributed by atoms with Crippen molar-refractivity contribution in [2.75, 3.05) is 19.7 Å². The first-order chi connectivity index (χ1) is 13.3. The lowest BCUT2D eigenvalue weighted by molar-refractivity contribution is -0.188. The summed E-state index contributed by atoms with van der Waals surface area (Å²) in [5, 5.41) is 1.18. The average Bonchev–Trinajstić information content (AvgIpc) is 2.68. The van der Waals surface area contributed by atoms with Crippen molar-refractivity contribution < 1.29 is 9.47 Å². The van der Waals surface area contributed by atoms with Gasteiger partial charge in [-0.05, 0) is 18.2 Å². The van der Waals surface area contributed by atoms with E-state index in [1.807, 2.05) is 12.1 Å². The van der Waals surface area contributed by atoms with E-state index in [0.717, 1.165) is 50.3 Å². The number of fused-ring (bicyclic) bond motifs is 1. The van der Waals surface area contributed by atoms with Crippen molar-refractivity contribution in [3.8, 4) is 6.01 Å². The van der Waals surface area contributed by atoms with Crippen molar-refractivity contribution in [1.82, 2.24) is 19.9 Å². The van der Waals surface area contributed by atoms with Gasteiger partial charge in [-0.1, -0.05) is 24.3 Å². The summed E-state index contributed by atoms with van der Waals surface area (Å²) in [7, 11) is 0. The number of hydrogen-bond acceptors (Lipinski definition) is 6. The van der Waals surface area contributed by atoms with Crippen LogP contribution in [0.5, 0.6) is 6.01 Å². The minimum Gasteiger partial charge on any atom is -0.460 e. The Labute approximate surface area is 158 Å². The van der Waals surface area contributed by atoms with Gasteiger partial charge in [-0.3, -0.25) is 9.88 Å². The number of hydrogen-bond donors (Lipinski definition) is 0. The fraction of sp³-hybridized carbons (Fsp3) is 0.381. The zero-order chi connectivity index (χ0) is 18.1. The fourth-order valence-corrected chi connectivity index (χ4v) is 4.11. The molecule has 0 aliphatic carbocycles. The molecule has 0 unspecified atom stereocenters. The van der Waals surface area contributed by atoms with Crippen LogP contribution in [0.2, 0.25) is 0 Å². The van der Waals surface area contributed by atoms with E-state index in [0.29, 0.717) is 6.01 Å². The maximum Gasteiger partial charge on any atom is 0.316 e. The number of rotatable bonds is 4. The van der Waals surface area contributed by atoms with E-state index in [1.165, 1.54) is 5.39 Å². The van der Waals surface area contributed by atoms with Crippen LogP contribution in [0.3, 0.4) is 0 Å². The number of pyridine rings is 1. The van der Waals surface area contributed by atoms with Crippen molar-refractivity contribution >= 4 is 10.9 Å². The van der Waals surface area contributed by atoms with E-state index in [-0.39, 0.29) is 11.7 Å². The summed E-state index contributed by atoms with van der Waals surface area (Å²) in [4.78, 5) is 15.5. The second kappa shape index (κ2) is 6.87. The standard InChI is InChI=1S/C21H22N4O2/c1-2-5-19-16(4-1)6-7-17(24-19)13-25-14-21(15-25)12-18(8-11-26-21)27-20-22-9-3-10-23-20/h1-7,9-10,18H,8,11-15H2/t18-/m0/s1. The Morgan fingerprint density at radius 3 is 2.81 bits per heavy atom. The van der Waals surface area contributed by atoms with Crippen LogP contribution < -0.4 is 4.74 Å². The van der Waals surface area contributed by atoms with Gasteiger partial charge in [-0.15, -0.1) is 0 Å². The predicted octanol–water partition coefficient (Wildman–Crippen LogP) is 2.84. The Morgan fingerprint density at radius 1 is 1.07 bits per heavy atom. The average molecular weight is 362 g/mol. The number of aromatic nitrogens is 3. The van der Waals surface area contributed by atoms with E-state index in [2.05, 4.69) is 39.1 Å². The van der Waals surface area contributed by atoms with Crippen molar-refractivity contribution in [3.63, 3.8) is 0 Å². The number of para-hydroxylation sites is 1. The summed E-state index contributed by atoms with van der Waals surface area (Å²) < 4.78 is 12.1. The van der Waals surface area contributed by atoms with Gasteiger partial charge in [-0.2, -0.15) is 0 Å². The van der Waals surface area contributed by atoms with Crippen molar-refractivity contribution in [2.24, 2.45) is 0 Å². The molecule has 27 heavy (non-hydrogen) atoms. The van der Waals surface area contributed by atoms with Crippen LogP contribution in [-0.2, 0) is 11.3 Å². The Bertz CT molecular complexity index is 928. The van der Waals surface area contributed by atoms with Gasteiger partial charge < -0.3 is 9.47 Å². The van der Waals surface area contributed by atoms with Crippen LogP contribution in [0.4, 0.5) is 0 Å². The Balaban J connectivity index is 1.20. The zero-order valence-corrected chi connectivity index (χ0v) is 15.1. The zero-order valence-electron chi connectivity index (χ0n) is 15.1. The molecule has 1 atom stereocenters. The van der Waals surface area contributed by atoms with Gasteiger partial charge in [0.25, 0.3) is 0 Å². The molecule has 0 amide bonds. The Kier molecular flexibility index (Phi) is 4.22. The Hall–Kier alpha value is -2.57. The van der Waals surface area contributed by atoms with Crippen LogP contribution in [-0.4, -0.2) is 51.3 Å². The quantitative estimate of drug-likeness (QED) is 0.711. The Morgan fingerprint density at radius 2 is 1.93 bits per heavy atom. The van der Waals surface area contributed by atoms with Gasteiger partial charge in [0.1, 0.15) is 6.10 Å². The largest absolute Gasteiger partial charge is 0.460 e. The lowest BCUT2D eigenvalue weighted by atomic mass is 9.84. The fourth-order valence-electron chi connectivity index (χ4n) is 4.11. The molecule has 2 fully saturated rings. The molecule has 6 nitrogen and oxygen atoms in total. The molecule has 0 saturated carbocycles. The maximum atomic E-state index is 6.12. The molecular weight excluding hydrogens is 340 g/mol. The first-order valence-corrected chi connectivity index (χ1v) is 9.43. The number of likely N-dealkylation sites (tertiary alicyclic amines) is 1. The third-order valence-electron chi connectivity index (χ3n) is 5.33. The summed E-state index contributed by atoms with van der Waals surface area (Å²) >= 11 is 0. The lowest BCUT2D eigenvalue weighted by Crippen LogP contribution is -2.65. The second-order valence-corrected chi connectivity index (χ2v) is 7.44. The molecule has 0 bridgehead atoms. The molecule has 0 N–H and O–H groups in total. The highest BCUT2D eigenvalue weighted by Crippen LogP contribution is 2.36. The molecule has 2 aliphatic heterocycles. The topological polar surface area (TPSA) is 60.4 Å². The van der Waals surface area contributed by atoms with Gasteiger partial charge >= 0.3 is 6.01 Å². The molecule has 5 rings (SSSR count). The van der Waals surface area contributed by atoms with Gasteiger partial charge in [0.2, 0.25) is 0 Å². The third kappa shape index (κ3) is 3.50. The normalized spacial score (nSPS) is 21.9. The van der Waals surface area contributed by atoms with Crippen molar-refractivity contribution in [3.05, 3.63) is 60.6 Å². The van der Waals surface area contributed by atoms with Crippen molar-refractivity contribution in [2.45, 2.75) is 31.1 Å². The molecule has 6 heteroatoms. The van der Waals surface area contributed by atoms with Gasteiger partial charge in [0.15, 0.2) is 0 Å². The first-order valence-electron chi connectivity index (χ1n) is 9.43. The molecule has 3 aromatic rings. The molecule has 4 heterocycles. The van der Waals surface area contributed by atoms with Crippen LogP contribution in [0.15, 0.2) is 54.9 Å². The van der Waals surface area contributed by atoms with Crippen molar-refractivity contribution in [1.29, 1.82) is 0 Å². The molecule has 2 aromatic heterocycles. The summed E-state index contributed by atoms with van der Waals surface area (Å²) in [5.41, 5.74) is 2.05.